The average molecular weight is 412 g/mol. The molecule has 0 amide bonds. The number of rotatable bonds is 6. The van der Waals surface area contributed by atoms with Gasteiger partial charge >= 0.3 is 0 Å². The molecule has 0 radical (unpaired) electrons. The predicted molar refractivity (Wildman–Crippen MR) is 118 cm³/mol. The van der Waals surface area contributed by atoms with E-state index in [1.807, 2.05) is 19.2 Å². The van der Waals surface area contributed by atoms with Crippen LogP contribution < -0.4 is 10.6 Å². The number of piperidine rings is 1. The maximum Gasteiger partial charge on any atom is 0.226 e. The minimum Gasteiger partial charge on any atom is -0.444 e. The Morgan fingerprint density at radius 2 is 2.00 bits per heavy atom. The summed E-state index contributed by atoms with van der Waals surface area (Å²) in [4.78, 5) is 11.6. The molecule has 7 heteroatoms. The summed E-state index contributed by atoms with van der Waals surface area (Å²) < 4.78 is 11.2. The number of benzene rings is 1. The van der Waals surface area contributed by atoms with Gasteiger partial charge in [-0.15, -0.1) is 0 Å². The first-order chi connectivity index (χ1) is 14.7. The average Bonchev–Trinajstić information content (AvgIpc) is 3.45. The number of nitrogens with zero attached hydrogens (tertiary/aromatic N) is 3. The molecule has 1 atom stereocenters. The van der Waals surface area contributed by atoms with Crippen LogP contribution in [0, 0.1) is 12.8 Å². The molecule has 3 heterocycles. The summed E-state index contributed by atoms with van der Waals surface area (Å²) in [5, 5.41) is 6.93. The van der Waals surface area contributed by atoms with Crippen molar-refractivity contribution < 1.29 is 9.15 Å². The van der Waals surface area contributed by atoms with Gasteiger partial charge in [0, 0.05) is 44.9 Å². The number of aromatic nitrogens is 1. The molecule has 0 bridgehead atoms. The van der Waals surface area contributed by atoms with Crippen LogP contribution >= 0.6 is 0 Å². The molecule has 0 spiro atoms. The van der Waals surface area contributed by atoms with Gasteiger partial charge in [-0.3, -0.25) is 4.99 Å². The molecule has 0 saturated carbocycles. The zero-order valence-electron chi connectivity index (χ0n) is 18.1. The molecule has 1 unspecified atom stereocenters. The van der Waals surface area contributed by atoms with Gasteiger partial charge in [-0.1, -0.05) is 17.7 Å². The van der Waals surface area contributed by atoms with Crippen molar-refractivity contribution in [2.24, 2.45) is 10.9 Å². The number of hydrogen-bond donors (Lipinski definition) is 2. The molecular formula is C23H33N5O2. The van der Waals surface area contributed by atoms with E-state index in [4.69, 9.17) is 9.15 Å². The SMILES string of the molecule is CN=C(NCc1coc(-c2ccc(C)cc2)n1)NC1CCN(CC2CCOC2)CC1. The van der Waals surface area contributed by atoms with Gasteiger partial charge in [-0.05, 0) is 44.2 Å². The number of oxazole rings is 1. The van der Waals surface area contributed by atoms with Crippen LogP contribution in [0.25, 0.3) is 11.5 Å². The van der Waals surface area contributed by atoms with Crippen LogP contribution in [0.1, 0.15) is 30.5 Å². The summed E-state index contributed by atoms with van der Waals surface area (Å²) in [7, 11) is 1.81. The third-order valence-corrected chi connectivity index (χ3v) is 5.98. The highest BCUT2D eigenvalue weighted by Gasteiger charge is 2.24. The molecule has 2 aliphatic heterocycles. The van der Waals surface area contributed by atoms with E-state index in [1.54, 1.807) is 6.26 Å². The molecule has 2 fully saturated rings. The molecule has 1 aromatic heterocycles. The van der Waals surface area contributed by atoms with E-state index in [0.29, 0.717) is 18.5 Å². The van der Waals surface area contributed by atoms with Crippen LogP contribution in [0.15, 0.2) is 39.9 Å². The van der Waals surface area contributed by atoms with Crippen molar-refractivity contribution in [3.8, 4) is 11.5 Å². The standard InChI is InChI=1S/C23H33N5O2/c1-17-3-5-19(6-4-17)22-26-21(16-30-22)13-25-23(24-2)27-20-7-10-28(11-8-20)14-18-9-12-29-15-18/h3-6,16,18,20H,7-15H2,1-2H3,(H2,24,25,27). The third-order valence-electron chi connectivity index (χ3n) is 5.98. The minimum absolute atomic E-state index is 0.452. The fraction of sp³-hybridized carbons (Fsp3) is 0.565. The Morgan fingerprint density at radius 1 is 1.20 bits per heavy atom. The van der Waals surface area contributed by atoms with Gasteiger partial charge in [-0.2, -0.15) is 0 Å². The van der Waals surface area contributed by atoms with Crippen molar-refractivity contribution in [3.63, 3.8) is 0 Å². The Kier molecular flexibility index (Phi) is 7.02. The highest BCUT2D eigenvalue weighted by atomic mass is 16.5. The lowest BCUT2D eigenvalue weighted by molar-refractivity contribution is 0.150. The number of hydrogen-bond acceptors (Lipinski definition) is 5. The van der Waals surface area contributed by atoms with Crippen molar-refractivity contribution in [3.05, 3.63) is 41.8 Å². The molecule has 2 aromatic rings. The van der Waals surface area contributed by atoms with Crippen LogP contribution in [0.2, 0.25) is 0 Å². The number of aryl methyl sites for hydroxylation is 1. The van der Waals surface area contributed by atoms with Crippen LogP contribution in [-0.2, 0) is 11.3 Å². The first kappa shape index (κ1) is 20.9. The van der Waals surface area contributed by atoms with Crippen molar-refractivity contribution >= 4 is 5.96 Å². The molecule has 162 valence electrons. The van der Waals surface area contributed by atoms with Gasteiger partial charge in [0.15, 0.2) is 5.96 Å². The maximum atomic E-state index is 5.65. The second-order valence-corrected chi connectivity index (χ2v) is 8.38. The Hall–Kier alpha value is -2.38. The van der Waals surface area contributed by atoms with Crippen molar-refractivity contribution in [1.82, 2.24) is 20.5 Å². The minimum atomic E-state index is 0.452. The molecule has 0 aliphatic carbocycles. The monoisotopic (exact) mass is 411 g/mol. The highest BCUT2D eigenvalue weighted by Crippen LogP contribution is 2.19. The zero-order chi connectivity index (χ0) is 20.8. The van der Waals surface area contributed by atoms with E-state index in [2.05, 4.69) is 44.6 Å². The summed E-state index contributed by atoms with van der Waals surface area (Å²) in [5.41, 5.74) is 3.08. The van der Waals surface area contributed by atoms with Gasteiger partial charge in [0.2, 0.25) is 5.89 Å². The molecule has 7 nitrogen and oxygen atoms in total. The van der Waals surface area contributed by atoms with Crippen LogP contribution in [0.3, 0.4) is 0 Å². The van der Waals surface area contributed by atoms with E-state index >= 15 is 0 Å². The van der Waals surface area contributed by atoms with Crippen molar-refractivity contribution in [1.29, 1.82) is 0 Å². The van der Waals surface area contributed by atoms with E-state index in [-0.39, 0.29) is 0 Å². The topological polar surface area (TPSA) is 74.9 Å². The molecule has 2 N–H and O–H groups in total. The first-order valence-electron chi connectivity index (χ1n) is 11.0. The zero-order valence-corrected chi connectivity index (χ0v) is 18.1. The van der Waals surface area contributed by atoms with E-state index in [9.17, 15) is 0 Å². The number of nitrogens with one attached hydrogen (secondary N) is 2. The van der Waals surface area contributed by atoms with Gasteiger partial charge in [-0.25, -0.2) is 4.98 Å². The fourth-order valence-electron chi connectivity index (χ4n) is 4.13. The maximum absolute atomic E-state index is 5.65. The third kappa shape index (κ3) is 5.61. The van der Waals surface area contributed by atoms with Gasteiger partial charge in [0.25, 0.3) is 0 Å². The Balaban J connectivity index is 1.21. The van der Waals surface area contributed by atoms with Gasteiger partial charge in [0.05, 0.1) is 18.8 Å². The summed E-state index contributed by atoms with van der Waals surface area (Å²) in [6.07, 6.45) is 5.19. The number of likely N-dealkylation sites (tertiary alicyclic amines) is 1. The molecular weight excluding hydrogens is 378 g/mol. The smallest absolute Gasteiger partial charge is 0.226 e. The number of ether oxygens (including phenoxy) is 1. The molecule has 2 aliphatic rings. The second-order valence-electron chi connectivity index (χ2n) is 8.38. The Morgan fingerprint density at radius 3 is 2.70 bits per heavy atom. The lowest BCUT2D eigenvalue weighted by Crippen LogP contribution is -2.49. The molecule has 1 aromatic carbocycles. The summed E-state index contributed by atoms with van der Waals surface area (Å²) in [6.45, 7) is 7.96. The van der Waals surface area contributed by atoms with Crippen LogP contribution in [-0.4, -0.2) is 61.8 Å². The van der Waals surface area contributed by atoms with E-state index < -0.39 is 0 Å². The summed E-state index contributed by atoms with van der Waals surface area (Å²) in [6, 6.07) is 8.65. The van der Waals surface area contributed by atoms with Crippen molar-refractivity contribution in [2.45, 2.75) is 38.8 Å². The Bertz CT molecular complexity index is 818. The quantitative estimate of drug-likeness (QED) is 0.562. The van der Waals surface area contributed by atoms with Crippen molar-refractivity contribution in [2.75, 3.05) is 39.9 Å². The molecule has 30 heavy (non-hydrogen) atoms. The largest absolute Gasteiger partial charge is 0.444 e. The predicted octanol–water partition coefficient (Wildman–Crippen LogP) is 2.82. The normalized spacial score (nSPS) is 21.1. The fourth-order valence-corrected chi connectivity index (χ4v) is 4.13. The van der Waals surface area contributed by atoms with E-state index in [0.717, 1.165) is 62.3 Å². The van der Waals surface area contributed by atoms with Gasteiger partial charge < -0.3 is 24.7 Å². The summed E-state index contributed by atoms with van der Waals surface area (Å²) >= 11 is 0. The van der Waals surface area contributed by atoms with E-state index in [1.165, 1.54) is 18.5 Å². The molecule has 2 saturated heterocycles. The second kappa shape index (κ2) is 10.1. The lowest BCUT2D eigenvalue weighted by Gasteiger charge is -2.34. The lowest BCUT2D eigenvalue weighted by atomic mass is 10.0. The Labute approximate surface area is 178 Å². The highest BCUT2D eigenvalue weighted by molar-refractivity contribution is 5.79. The first-order valence-corrected chi connectivity index (χ1v) is 11.0. The molecule has 4 rings (SSSR count). The van der Waals surface area contributed by atoms with Crippen LogP contribution in [0.5, 0.6) is 0 Å². The van der Waals surface area contributed by atoms with Gasteiger partial charge in [0.1, 0.15) is 6.26 Å². The number of guanidine groups is 1. The van der Waals surface area contributed by atoms with Crippen LogP contribution in [0.4, 0.5) is 0 Å². The number of aliphatic imine (C=N–C) groups is 1. The summed E-state index contributed by atoms with van der Waals surface area (Å²) in [5.74, 6) is 2.18.